The molecule has 1 fully saturated rings. The van der Waals surface area contributed by atoms with Crippen LogP contribution in [0.25, 0.3) is 219 Å². The highest BCUT2D eigenvalue weighted by atomic mass is 79.9. The van der Waals surface area contributed by atoms with Gasteiger partial charge in [0.15, 0.2) is 0 Å². The fraction of sp³-hybridized carbons (Fsp3) is 0.0541. The zero-order chi connectivity index (χ0) is 80.3. The van der Waals surface area contributed by atoms with Crippen molar-refractivity contribution in [2.45, 2.75) is 38.9 Å². The fourth-order valence-corrected chi connectivity index (χ4v) is 18.4. The van der Waals surface area contributed by atoms with Gasteiger partial charge in [-0.2, -0.15) is 0 Å². The fourth-order valence-electron chi connectivity index (χ4n) is 18.2. The van der Waals surface area contributed by atoms with Gasteiger partial charge in [0, 0.05) is 91.5 Å². The topological polar surface area (TPSA) is 82.9 Å². The van der Waals surface area contributed by atoms with Crippen molar-refractivity contribution in [1.82, 2.24) is 24.9 Å². The van der Waals surface area contributed by atoms with Crippen molar-refractivity contribution in [3.8, 4) is 67.4 Å². The molecule has 0 saturated carbocycles. The first kappa shape index (κ1) is 72.3. The van der Waals surface area contributed by atoms with Crippen LogP contribution in [0.4, 0.5) is 0 Å². The molecular formula is C111H75BBrN5O2. The Balaban J connectivity index is 0.000000114. The third-order valence-corrected chi connectivity index (χ3v) is 25.4. The Morgan fingerprint density at radius 3 is 0.792 bits per heavy atom. The van der Waals surface area contributed by atoms with Crippen molar-refractivity contribution in [2.75, 3.05) is 0 Å². The van der Waals surface area contributed by atoms with E-state index < -0.39 is 0 Å². The highest BCUT2D eigenvalue weighted by Gasteiger charge is 2.51. The van der Waals surface area contributed by atoms with Gasteiger partial charge in [0.1, 0.15) is 0 Å². The zero-order valence-electron chi connectivity index (χ0n) is 66.4. The Bertz CT molecular complexity index is 8090. The van der Waals surface area contributed by atoms with Crippen molar-refractivity contribution < 1.29 is 9.31 Å². The minimum atomic E-state index is -0.379. The molecule has 0 amide bonds. The molecule has 0 atom stereocenters. The Morgan fingerprint density at radius 1 is 0.208 bits per heavy atom. The third kappa shape index (κ3) is 12.3. The monoisotopic (exact) mass is 1600 g/mol. The van der Waals surface area contributed by atoms with Crippen molar-refractivity contribution in [3.05, 3.63) is 387 Å². The van der Waals surface area contributed by atoms with Gasteiger partial charge in [-0.15, -0.1) is 0 Å². The first-order valence-corrected chi connectivity index (χ1v) is 41.8. The number of rotatable bonds is 7. The summed E-state index contributed by atoms with van der Waals surface area (Å²) in [6.07, 6.45) is 0. The van der Waals surface area contributed by atoms with Gasteiger partial charge in [-0.1, -0.05) is 374 Å². The maximum absolute atomic E-state index is 6.27. The van der Waals surface area contributed by atoms with E-state index in [4.69, 9.17) is 34.2 Å². The van der Waals surface area contributed by atoms with Crippen LogP contribution in [0.1, 0.15) is 27.7 Å². The number of pyridine rings is 5. The molecule has 9 heteroatoms. The molecule has 0 aliphatic carbocycles. The van der Waals surface area contributed by atoms with Crippen molar-refractivity contribution >= 4 is 180 Å². The van der Waals surface area contributed by atoms with E-state index in [1.54, 1.807) is 0 Å². The standard InChI is InChI=1S/C51H31N3.C33H28BNO2.C27H16BrN/c1-2-10-34(11-3-1)45-30-28-37-26-27-38-29-31-46(53-50(38)49(37)52-45)35-22-18-32(19-23-35)33-20-24-36(25-21-33)48-44-17-9-7-15-42(44)47-41-14-6-4-12-39(41)40-13-5-8-16-43(40)51(47)54-48;1-32(2)33(3,4)37-34(36-32)22-19-17-21(18-20-22)30-28-16-10-8-14-26(28)29-25-13-7-5-11-23(25)24-12-6-9-15-27(24)31(29)35-30;28-18-15-13-17(14-16-18)26-24-12-6-4-10-22(24)25-21-9-3-1-7-19(21)20-8-2-5-11-23(20)27(25)29-26/h1-31H;5-20H,1-4H3;1-16H. The summed E-state index contributed by atoms with van der Waals surface area (Å²) in [4.78, 5) is 26.3. The average molecular weight is 1600 g/mol. The number of hydrogen-bond acceptors (Lipinski definition) is 7. The SMILES string of the molecule is Brc1ccc(-c2nc3c4ccccc4c4ccccc4c3c3ccccc23)cc1.CC1(C)OB(c2ccc(-c3nc4c5ccccc5c5ccccc5c4c4ccccc34)cc2)OC1(C)C.c1ccc(-c2ccc3ccc4ccc(-c5ccc(-c6ccc(-c7nc8c9ccccc9c9ccccc9c8c8ccccc78)cc6)cc5)nc4c3n2)cc1. The first-order valence-electron chi connectivity index (χ1n) is 41.0. The summed E-state index contributed by atoms with van der Waals surface area (Å²) in [5.74, 6) is 0. The number of benzene rings is 18. The molecule has 0 radical (unpaired) electrons. The molecule has 0 spiro atoms. The quantitative estimate of drug-likeness (QED) is 0.116. The molecule has 7 nitrogen and oxygen atoms in total. The van der Waals surface area contributed by atoms with Gasteiger partial charge >= 0.3 is 7.12 Å². The van der Waals surface area contributed by atoms with Crippen molar-refractivity contribution in [2.24, 2.45) is 0 Å². The van der Waals surface area contributed by atoms with E-state index in [1.807, 2.05) is 18.2 Å². The molecule has 566 valence electrons. The number of hydrogen-bond donors (Lipinski definition) is 0. The molecule has 1 saturated heterocycles. The zero-order valence-corrected chi connectivity index (χ0v) is 68.0. The van der Waals surface area contributed by atoms with Crippen LogP contribution in [0.5, 0.6) is 0 Å². The third-order valence-electron chi connectivity index (χ3n) is 24.8. The van der Waals surface area contributed by atoms with Gasteiger partial charge in [0.2, 0.25) is 0 Å². The summed E-state index contributed by atoms with van der Waals surface area (Å²) in [5.41, 5.74) is 17.9. The van der Waals surface area contributed by atoms with Crippen LogP contribution in [0, 0.1) is 0 Å². The Labute approximate surface area is 702 Å². The maximum atomic E-state index is 6.27. The lowest BCUT2D eigenvalue weighted by molar-refractivity contribution is 0.00578. The maximum Gasteiger partial charge on any atom is 0.494 e. The molecule has 24 rings (SSSR count). The molecule has 1 aliphatic heterocycles. The molecule has 0 bridgehead atoms. The minimum absolute atomic E-state index is 0.365. The predicted molar refractivity (Wildman–Crippen MR) is 509 cm³/mol. The summed E-state index contributed by atoms with van der Waals surface area (Å²) >= 11 is 3.55. The second-order valence-electron chi connectivity index (χ2n) is 32.3. The summed E-state index contributed by atoms with van der Waals surface area (Å²) in [7, 11) is -0.379. The largest absolute Gasteiger partial charge is 0.494 e. The second-order valence-corrected chi connectivity index (χ2v) is 33.2. The van der Waals surface area contributed by atoms with E-state index in [0.717, 1.165) is 126 Å². The van der Waals surface area contributed by atoms with Gasteiger partial charge < -0.3 is 9.31 Å². The highest BCUT2D eigenvalue weighted by molar-refractivity contribution is 9.10. The summed E-state index contributed by atoms with van der Waals surface area (Å²) in [6, 6.07) is 135. The van der Waals surface area contributed by atoms with Crippen LogP contribution < -0.4 is 5.46 Å². The molecule has 0 N–H and O–H groups in total. The molecule has 18 aromatic carbocycles. The number of fused-ring (bicyclic) bond motifs is 27. The van der Waals surface area contributed by atoms with Gasteiger partial charge in [0.25, 0.3) is 0 Å². The van der Waals surface area contributed by atoms with Gasteiger partial charge in [-0.05, 0) is 133 Å². The van der Waals surface area contributed by atoms with Crippen molar-refractivity contribution in [1.29, 1.82) is 0 Å². The van der Waals surface area contributed by atoms with E-state index in [0.29, 0.717) is 0 Å². The van der Waals surface area contributed by atoms with Gasteiger partial charge in [-0.3, -0.25) is 0 Å². The van der Waals surface area contributed by atoms with E-state index in [9.17, 15) is 0 Å². The lowest BCUT2D eigenvalue weighted by atomic mass is 9.78. The average Bonchev–Trinajstić information content (AvgIpc) is 0.887. The van der Waals surface area contributed by atoms with Crippen molar-refractivity contribution in [3.63, 3.8) is 0 Å². The van der Waals surface area contributed by atoms with E-state index in [2.05, 4.69) is 408 Å². The van der Waals surface area contributed by atoms with Crippen LogP contribution >= 0.6 is 15.9 Å². The molecule has 120 heavy (non-hydrogen) atoms. The summed E-state index contributed by atoms with van der Waals surface area (Å²) in [6.45, 7) is 8.34. The number of nitrogens with zero attached hydrogens (tertiary/aromatic N) is 5. The number of halogens is 1. The number of aromatic nitrogens is 5. The van der Waals surface area contributed by atoms with Crippen LogP contribution in [0.3, 0.4) is 0 Å². The van der Waals surface area contributed by atoms with E-state index in [1.165, 1.54) is 102 Å². The normalized spacial score (nSPS) is 13.3. The Morgan fingerprint density at radius 2 is 0.450 bits per heavy atom. The van der Waals surface area contributed by atoms with E-state index >= 15 is 0 Å². The summed E-state index contributed by atoms with van der Waals surface area (Å²) in [5, 5.41) is 27.8. The lowest BCUT2D eigenvalue weighted by Gasteiger charge is -2.32. The van der Waals surface area contributed by atoms with Crippen LogP contribution in [0.2, 0.25) is 0 Å². The smallest absolute Gasteiger partial charge is 0.399 e. The van der Waals surface area contributed by atoms with E-state index in [-0.39, 0.29) is 18.3 Å². The van der Waals surface area contributed by atoms with Crippen LogP contribution in [0.15, 0.2) is 387 Å². The molecule has 6 heterocycles. The highest BCUT2D eigenvalue weighted by Crippen LogP contribution is 2.47. The molecular weight excluding hydrogens is 1530 g/mol. The lowest BCUT2D eigenvalue weighted by Crippen LogP contribution is -2.41. The molecule has 23 aromatic rings. The van der Waals surface area contributed by atoms with Gasteiger partial charge in [0.05, 0.1) is 67.3 Å². The van der Waals surface area contributed by atoms with Gasteiger partial charge in [-0.25, -0.2) is 24.9 Å². The Hall–Kier alpha value is -14.2. The molecule has 1 aliphatic rings. The second kappa shape index (κ2) is 29.2. The first-order chi connectivity index (χ1) is 58.9. The Kier molecular flexibility index (Phi) is 17.6. The van der Waals surface area contributed by atoms with Crippen LogP contribution in [-0.4, -0.2) is 43.2 Å². The minimum Gasteiger partial charge on any atom is -0.399 e. The predicted octanol–water partition coefficient (Wildman–Crippen LogP) is 29.2. The summed E-state index contributed by atoms with van der Waals surface area (Å²) < 4.78 is 13.6. The van der Waals surface area contributed by atoms with Crippen LogP contribution in [-0.2, 0) is 9.31 Å². The molecule has 0 unspecified atom stereocenters. The molecule has 5 aromatic heterocycles.